The molecule has 33 heavy (non-hydrogen) atoms. The van der Waals surface area contributed by atoms with E-state index in [9.17, 15) is 23.6 Å². The van der Waals surface area contributed by atoms with E-state index in [4.69, 9.17) is 10.5 Å². The molecule has 4 N–H and O–H groups in total. The number of hydrogen-bond donors (Lipinski definition) is 3. The summed E-state index contributed by atoms with van der Waals surface area (Å²) >= 11 is 0. The van der Waals surface area contributed by atoms with Gasteiger partial charge < -0.3 is 21.1 Å². The number of Topliss-reactive ketones (excluding diaryl/α,β-unsaturated/α-hetero) is 1. The third kappa shape index (κ3) is 4.49. The van der Waals surface area contributed by atoms with Crippen LogP contribution in [0.4, 0.5) is 4.39 Å². The van der Waals surface area contributed by atoms with Gasteiger partial charge in [0, 0.05) is 24.6 Å². The van der Waals surface area contributed by atoms with Crippen LogP contribution < -0.4 is 21.1 Å². The van der Waals surface area contributed by atoms with Crippen LogP contribution in [0.1, 0.15) is 39.0 Å². The molecule has 1 aliphatic rings. The van der Waals surface area contributed by atoms with Crippen molar-refractivity contribution in [1.29, 1.82) is 0 Å². The van der Waals surface area contributed by atoms with Crippen molar-refractivity contribution in [3.8, 4) is 5.75 Å². The Hall–Kier alpha value is -4.35. The van der Waals surface area contributed by atoms with E-state index in [1.54, 1.807) is 18.2 Å². The number of nitrogens with two attached hydrogens (primary N) is 1. The monoisotopic (exact) mass is 454 g/mol. The Morgan fingerprint density at radius 2 is 2.06 bits per heavy atom. The molecule has 0 aliphatic carbocycles. The van der Waals surface area contributed by atoms with Crippen LogP contribution in [0.25, 0.3) is 5.65 Å². The van der Waals surface area contributed by atoms with Crippen LogP contribution in [0.3, 0.4) is 0 Å². The standard InChI is InChI=1S/C21H19FN6O5/c1-10(18(23)30)26-21(32)16-6-15(27-19-14(22)8-25-28(16)19)20(31)24-7-11-2-3-17-12(4-11)5-13(29)9-33-17/h2-4,6,8,10H,5,7,9H2,1H3,(H2,23,30)(H,24,31)(H,26,32)/t10-/m0/s1. The number of carbonyl (C=O) groups excluding carboxylic acids is 4. The van der Waals surface area contributed by atoms with E-state index >= 15 is 0 Å². The first-order valence-electron chi connectivity index (χ1n) is 9.92. The number of aromatic nitrogens is 3. The van der Waals surface area contributed by atoms with Crippen LogP contribution in [0.5, 0.6) is 5.75 Å². The molecule has 0 radical (unpaired) electrons. The molecule has 1 aromatic carbocycles. The number of fused-ring (bicyclic) bond motifs is 2. The quantitative estimate of drug-likeness (QED) is 0.469. The van der Waals surface area contributed by atoms with Crippen molar-refractivity contribution in [2.45, 2.75) is 25.9 Å². The highest BCUT2D eigenvalue weighted by Gasteiger charge is 2.22. The van der Waals surface area contributed by atoms with Gasteiger partial charge in [-0.2, -0.15) is 5.10 Å². The lowest BCUT2D eigenvalue weighted by Crippen LogP contribution is -2.42. The van der Waals surface area contributed by atoms with E-state index in [0.29, 0.717) is 11.3 Å². The second-order valence-corrected chi connectivity index (χ2v) is 7.48. The van der Waals surface area contributed by atoms with Gasteiger partial charge in [0.2, 0.25) is 5.91 Å². The van der Waals surface area contributed by atoms with Crippen molar-refractivity contribution in [1.82, 2.24) is 25.2 Å². The maximum absolute atomic E-state index is 14.1. The number of ether oxygens (including phenoxy) is 1. The van der Waals surface area contributed by atoms with Crippen LogP contribution in [0.15, 0.2) is 30.5 Å². The first-order valence-corrected chi connectivity index (χ1v) is 9.92. The summed E-state index contributed by atoms with van der Waals surface area (Å²) in [5.74, 6) is -2.48. The van der Waals surface area contributed by atoms with Gasteiger partial charge in [0.25, 0.3) is 11.8 Å². The smallest absolute Gasteiger partial charge is 0.270 e. The Labute approximate surface area is 186 Å². The Morgan fingerprint density at radius 1 is 1.27 bits per heavy atom. The molecular weight excluding hydrogens is 435 g/mol. The summed E-state index contributed by atoms with van der Waals surface area (Å²) in [7, 11) is 0. The summed E-state index contributed by atoms with van der Waals surface area (Å²) in [5, 5.41) is 8.77. The molecule has 11 nitrogen and oxygen atoms in total. The van der Waals surface area contributed by atoms with E-state index in [0.717, 1.165) is 22.3 Å². The minimum atomic E-state index is -1.00. The SMILES string of the molecule is C[C@H](NC(=O)c1cc(C(=O)NCc2ccc3c(c2)CC(=O)CO3)nc2c(F)cnn12)C(N)=O. The fourth-order valence-electron chi connectivity index (χ4n) is 3.27. The lowest BCUT2D eigenvalue weighted by molar-refractivity contribution is -0.121. The zero-order valence-electron chi connectivity index (χ0n) is 17.4. The molecule has 0 fully saturated rings. The van der Waals surface area contributed by atoms with Crippen molar-refractivity contribution in [3.05, 3.63) is 58.8 Å². The molecule has 3 amide bonds. The molecule has 1 aliphatic heterocycles. The van der Waals surface area contributed by atoms with Crippen LogP contribution in [-0.4, -0.2) is 50.8 Å². The molecule has 0 saturated carbocycles. The third-order valence-electron chi connectivity index (χ3n) is 5.02. The second kappa shape index (κ2) is 8.65. The fraction of sp³-hybridized carbons (Fsp3) is 0.238. The molecule has 12 heteroatoms. The Morgan fingerprint density at radius 3 is 2.82 bits per heavy atom. The molecular formula is C21H19FN6O5. The number of rotatable bonds is 6. The van der Waals surface area contributed by atoms with Crippen molar-refractivity contribution < 1.29 is 28.3 Å². The van der Waals surface area contributed by atoms with Crippen molar-refractivity contribution in [3.63, 3.8) is 0 Å². The zero-order valence-corrected chi connectivity index (χ0v) is 17.4. The average Bonchev–Trinajstić information content (AvgIpc) is 3.17. The first-order chi connectivity index (χ1) is 15.7. The predicted octanol–water partition coefficient (Wildman–Crippen LogP) is -0.0940. The van der Waals surface area contributed by atoms with Gasteiger partial charge in [-0.25, -0.2) is 13.9 Å². The number of primary amides is 1. The summed E-state index contributed by atoms with van der Waals surface area (Å²) in [6.07, 6.45) is 1.10. The Bertz CT molecular complexity index is 1300. The van der Waals surface area contributed by atoms with Crippen molar-refractivity contribution >= 4 is 29.2 Å². The van der Waals surface area contributed by atoms with Gasteiger partial charge in [0.05, 0.1) is 6.20 Å². The Kier molecular flexibility index (Phi) is 5.73. The maximum atomic E-state index is 14.1. The molecule has 4 rings (SSSR count). The molecule has 170 valence electrons. The van der Waals surface area contributed by atoms with E-state index in [1.165, 1.54) is 6.92 Å². The largest absolute Gasteiger partial charge is 0.486 e. The fourth-order valence-corrected chi connectivity index (χ4v) is 3.27. The third-order valence-corrected chi connectivity index (χ3v) is 5.02. The number of benzene rings is 1. The molecule has 1 atom stereocenters. The number of amides is 3. The summed E-state index contributed by atoms with van der Waals surface area (Å²) in [5.41, 5.74) is 5.84. The lowest BCUT2D eigenvalue weighted by Gasteiger charge is -2.17. The van der Waals surface area contributed by atoms with Crippen molar-refractivity contribution in [2.24, 2.45) is 5.73 Å². The van der Waals surface area contributed by atoms with E-state index in [2.05, 4.69) is 20.7 Å². The number of nitrogens with one attached hydrogen (secondary N) is 2. The molecule has 0 saturated heterocycles. The van der Waals surface area contributed by atoms with E-state index in [1.807, 2.05) is 0 Å². The van der Waals surface area contributed by atoms with Crippen LogP contribution >= 0.6 is 0 Å². The molecule has 2 aromatic heterocycles. The number of nitrogens with zero attached hydrogens (tertiary/aromatic N) is 3. The van der Waals surface area contributed by atoms with Gasteiger partial charge in [-0.3, -0.25) is 19.2 Å². The zero-order chi connectivity index (χ0) is 23.7. The summed E-state index contributed by atoms with van der Waals surface area (Å²) in [6, 6.07) is 5.35. The van der Waals surface area contributed by atoms with Gasteiger partial charge in [-0.05, 0) is 24.6 Å². The molecule has 0 spiro atoms. The van der Waals surface area contributed by atoms with Crippen LogP contribution in [0.2, 0.25) is 0 Å². The normalized spacial score (nSPS) is 13.7. The maximum Gasteiger partial charge on any atom is 0.270 e. The summed E-state index contributed by atoms with van der Waals surface area (Å²) in [6.45, 7) is 1.51. The van der Waals surface area contributed by atoms with E-state index in [-0.39, 0.29) is 42.4 Å². The first kappa shape index (κ1) is 21.9. The molecule has 0 unspecified atom stereocenters. The summed E-state index contributed by atoms with van der Waals surface area (Å²) < 4.78 is 20.4. The minimum absolute atomic E-state index is 0.0382. The van der Waals surface area contributed by atoms with Gasteiger partial charge in [-0.1, -0.05) is 6.07 Å². The van der Waals surface area contributed by atoms with Gasteiger partial charge >= 0.3 is 0 Å². The second-order valence-electron chi connectivity index (χ2n) is 7.48. The molecule has 0 bridgehead atoms. The highest BCUT2D eigenvalue weighted by atomic mass is 19.1. The van der Waals surface area contributed by atoms with E-state index < -0.39 is 29.6 Å². The number of halogens is 1. The summed E-state index contributed by atoms with van der Waals surface area (Å²) in [4.78, 5) is 52.1. The topological polar surface area (TPSA) is 158 Å². The number of carbonyl (C=O) groups is 4. The highest BCUT2D eigenvalue weighted by molar-refractivity contribution is 5.99. The van der Waals surface area contributed by atoms with Crippen LogP contribution in [-0.2, 0) is 22.6 Å². The Balaban J connectivity index is 1.56. The van der Waals surface area contributed by atoms with Crippen molar-refractivity contribution in [2.75, 3.05) is 6.61 Å². The predicted molar refractivity (Wildman–Crippen MR) is 111 cm³/mol. The van der Waals surface area contributed by atoms with Crippen LogP contribution in [0, 0.1) is 5.82 Å². The van der Waals surface area contributed by atoms with Gasteiger partial charge in [0.15, 0.2) is 17.2 Å². The number of ketones is 1. The average molecular weight is 454 g/mol. The highest BCUT2D eigenvalue weighted by Crippen LogP contribution is 2.24. The minimum Gasteiger partial charge on any atom is -0.486 e. The van der Waals surface area contributed by atoms with Gasteiger partial charge in [0.1, 0.15) is 29.8 Å². The molecule has 3 heterocycles. The lowest BCUT2D eigenvalue weighted by atomic mass is 10.0. The van der Waals surface area contributed by atoms with Gasteiger partial charge in [-0.15, -0.1) is 0 Å². The number of hydrogen-bond acceptors (Lipinski definition) is 7. The molecule has 3 aromatic rings.